The number of fused-ring (bicyclic) bond motifs is 1. The fourth-order valence-corrected chi connectivity index (χ4v) is 2.91. The Morgan fingerprint density at radius 1 is 1.19 bits per heavy atom. The normalized spacial score (nSPS) is 12.1. The predicted molar refractivity (Wildman–Crippen MR) is 101 cm³/mol. The van der Waals surface area contributed by atoms with Crippen molar-refractivity contribution in [2.45, 2.75) is 13.0 Å². The van der Waals surface area contributed by atoms with E-state index < -0.39 is 6.04 Å². The monoisotopic (exact) mass is 362 g/mol. The first-order valence-electron chi connectivity index (χ1n) is 8.45. The highest BCUT2D eigenvalue weighted by Crippen LogP contribution is 2.27. The number of H-pyrrole nitrogens is 1. The smallest absolute Gasteiger partial charge is 0.249 e. The molecule has 1 amide bonds. The Bertz CT molecular complexity index is 1100. The van der Waals surface area contributed by atoms with Crippen LogP contribution in [0.1, 0.15) is 13.0 Å². The lowest BCUT2D eigenvalue weighted by molar-refractivity contribution is -0.118. The van der Waals surface area contributed by atoms with Crippen LogP contribution in [0.4, 0.5) is 5.95 Å². The van der Waals surface area contributed by atoms with E-state index in [0.29, 0.717) is 11.6 Å². The third-order valence-electron chi connectivity index (χ3n) is 4.36. The first-order valence-corrected chi connectivity index (χ1v) is 8.45. The van der Waals surface area contributed by atoms with Gasteiger partial charge in [0.25, 0.3) is 0 Å². The zero-order valence-electron chi connectivity index (χ0n) is 14.9. The molecule has 2 heterocycles. The molecule has 4 aromatic rings. The van der Waals surface area contributed by atoms with Crippen molar-refractivity contribution in [3.8, 4) is 17.1 Å². The second kappa shape index (κ2) is 6.91. The van der Waals surface area contributed by atoms with Gasteiger partial charge in [0.15, 0.2) is 5.82 Å². The van der Waals surface area contributed by atoms with E-state index in [4.69, 9.17) is 4.74 Å². The molecule has 0 saturated carbocycles. The number of benzene rings is 2. The average molecular weight is 362 g/mol. The Morgan fingerprint density at radius 2 is 1.96 bits per heavy atom. The van der Waals surface area contributed by atoms with Crippen molar-refractivity contribution in [2.75, 3.05) is 12.4 Å². The number of carbonyl (C=O) groups is 1. The van der Waals surface area contributed by atoms with Gasteiger partial charge in [0.1, 0.15) is 11.8 Å². The van der Waals surface area contributed by atoms with Gasteiger partial charge in [-0.25, -0.2) is 4.98 Å². The summed E-state index contributed by atoms with van der Waals surface area (Å²) >= 11 is 0. The molecule has 0 aliphatic carbocycles. The molecular formula is C19H18N6O2. The van der Waals surface area contributed by atoms with Crippen molar-refractivity contribution >= 4 is 22.9 Å². The van der Waals surface area contributed by atoms with Gasteiger partial charge in [-0.05, 0) is 31.2 Å². The minimum absolute atomic E-state index is 0.206. The summed E-state index contributed by atoms with van der Waals surface area (Å²) in [6.45, 7) is 1.80. The standard InChI is InChI=1S/C19H18N6O2/c1-12(25-11-20-14-8-4-5-9-15(14)25)18(26)22-19-21-17(23-24-19)13-7-3-6-10-16(13)27-2/h3-12H,1-2H3,(H2,21,22,23,24,26). The number of aromatic amines is 1. The number of hydrogen-bond donors (Lipinski definition) is 2. The van der Waals surface area contributed by atoms with Crippen molar-refractivity contribution in [2.24, 2.45) is 0 Å². The van der Waals surface area contributed by atoms with E-state index in [2.05, 4.69) is 25.5 Å². The predicted octanol–water partition coefficient (Wildman–Crippen LogP) is 3.03. The maximum absolute atomic E-state index is 12.6. The minimum atomic E-state index is -0.467. The van der Waals surface area contributed by atoms with Crippen LogP contribution in [0, 0.1) is 0 Å². The van der Waals surface area contributed by atoms with Crippen LogP contribution >= 0.6 is 0 Å². The number of amides is 1. The van der Waals surface area contributed by atoms with Gasteiger partial charge in [0, 0.05) is 0 Å². The van der Waals surface area contributed by atoms with E-state index in [1.54, 1.807) is 20.4 Å². The molecule has 2 N–H and O–H groups in total. The third-order valence-corrected chi connectivity index (χ3v) is 4.36. The number of nitrogens with zero attached hydrogens (tertiary/aromatic N) is 4. The molecule has 1 atom stereocenters. The number of anilines is 1. The van der Waals surface area contributed by atoms with E-state index in [-0.39, 0.29) is 11.9 Å². The lowest BCUT2D eigenvalue weighted by atomic mass is 10.2. The second-order valence-electron chi connectivity index (χ2n) is 6.01. The van der Waals surface area contributed by atoms with Crippen molar-refractivity contribution < 1.29 is 9.53 Å². The molecule has 0 fully saturated rings. The molecule has 27 heavy (non-hydrogen) atoms. The molecule has 0 aliphatic heterocycles. The molecule has 4 rings (SSSR count). The molecular weight excluding hydrogens is 344 g/mol. The fourth-order valence-electron chi connectivity index (χ4n) is 2.91. The van der Waals surface area contributed by atoms with Gasteiger partial charge in [0.2, 0.25) is 11.9 Å². The largest absolute Gasteiger partial charge is 0.496 e. The number of ether oxygens (including phenoxy) is 1. The minimum Gasteiger partial charge on any atom is -0.496 e. The molecule has 0 aliphatic rings. The molecule has 0 bridgehead atoms. The van der Waals surface area contributed by atoms with Gasteiger partial charge in [-0.15, -0.1) is 5.10 Å². The Balaban J connectivity index is 1.54. The van der Waals surface area contributed by atoms with Gasteiger partial charge in [0.05, 0.1) is 30.0 Å². The molecule has 0 radical (unpaired) electrons. The van der Waals surface area contributed by atoms with Crippen molar-refractivity contribution in [3.63, 3.8) is 0 Å². The number of rotatable bonds is 5. The third kappa shape index (κ3) is 3.12. The summed E-state index contributed by atoms with van der Waals surface area (Å²) in [7, 11) is 1.59. The van der Waals surface area contributed by atoms with Crippen LogP contribution < -0.4 is 10.1 Å². The van der Waals surface area contributed by atoms with Crippen LogP contribution in [-0.4, -0.2) is 37.7 Å². The molecule has 1 unspecified atom stereocenters. The summed E-state index contributed by atoms with van der Waals surface area (Å²) < 4.78 is 7.15. The van der Waals surface area contributed by atoms with Crippen molar-refractivity contribution in [3.05, 3.63) is 54.9 Å². The molecule has 2 aromatic heterocycles. The molecule has 136 valence electrons. The molecule has 2 aromatic carbocycles. The number of hydrogen-bond acceptors (Lipinski definition) is 5. The van der Waals surface area contributed by atoms with Crippen LogP contribution in [-0.2, 0) is 4.79 Å². The first kappa shape index (κ1) is 16.8. The van der Waals surface area contributed by atoms with E-state index in [1.165, 1.54) is 0 Å². The van der Waals surface area contributed by atoms with E-state index in [9.17, 15) is 4.79 Å². The summed E-state index contributed by atoms with van der Waals surface area (Å²) in [6.07, 6.45) is 1.66. The summed E-state index contributed by atoms with van der Waals surface area (Å²) in [5, 5.41) is 9.66. The Labute approximate surface area is 155 Å². The van der Waals surface area contributed by atoms with Gasteiger partial charge in [-0.1, -0.05) is 24.3 Å². The first-order chi connectivity index (χ1) is 13.2. The number of imidazole rings is 1. The summed E-state index contributed by atoms with van der Waals surface area (Å²) in [5.74, 6) is 1.16. The van der Waals surface area contributed by atoms with E-state index in [0.717, 1.165) is 16.6 Å². The highest BCUT2D eigenvalue weighted by atomic mass is 16.5. The molecule has 8 heteroatoms. The quantitative estimate of drug-likeness (QED) is 0.569. The van der Waals surface area contributed by atoms with Crippen molar-refractivity contribution in [1.29, 1.82) is 0 Å². The molecule has 8 nitrogen and oxygen atoms in total. The Morgan fingerprint density at radius 3 is 2.81 bits per heavy atom. The van der Waals surface area contributed by atoms with Crippen LogP contribution in [0.15, 0.2) is 54.9 Å². The Hall–Kier alpha value is -3.68. The Kier molecular flexibility index (Phi) is 4.29. The van der Waals surface area contributed by atoms with Crippen LogP contribution in [0.2, 0.25) is 0 Å². The van der Waals surface area contributed by atoms with Gasteiger partial charge in [-0.3, -0.25) is 15.2 Å². The lowest BCUT2D eigenvalue weighted by Crippen LogP contribution is -2.23. The van der Waals surface area contributed by atoms with Gasteiger partial charge in [-0.2, -0.15) is 4.98 Å². The van der Waals surface area contributed by atoms with Gasteiger partial charge >= 0.3 is 0 Å². The number of para-hydroxylation sites is 3. The van der Waals surface area contributed by atoms with Crippen LogP contribution in [0.5, 0.6) is 5.75 Å². The summed E-state index contributed by atoms with van der Waals surface area (Å²) in [5.41, 5.74) is 2.50. The molecule has 0 saturated heterocycles. The zero-order valence-corrected chi connectivity index (χ0v) is 14.9. The topological polar surface area (TPSA) is 97.7 Å². The number of carbonyl (C=O) groups excluding carboxylic acids is 1. The number of nitrogens with one attached hydrogen (secondary N) is 2. The lowest BCUT2D eigenvalue weighted by Gasteiger charge is -2.12. The van der Waals surface area contributed by atoms with Gasteiger partial charge < -0.3 is 9.30 Å². The van der Waals surface area contributed by atoms with E-state index in [1.807, 2.05) is 53.1 Å². The summed E-state index contributed by atoms with van der Waals surface area (Å²) in [4.78, 5) is 21.3. The molecule has 0 spiro atoms. The number of aromatic nitrogens is 5. The maximum Gasteiger partial charge on any atom is 0.249 e. The fraction of sp³-hybridized carbons (Fsp3) is 0.158. The SMILES string of the molecule is COc1ccccc1-c1nc(NC(=O)C(C)n2cnc3ccccc32)n[nH]1. The average Bonchev–Trinajstić information content (AvgIpc) is 3.34. The highest BCUT2D eigenvalue weighted by molar-refractivity contribution is 5.93. The maximum atomic E-state index is 12.6. The highest BCUT2D eigenvalue weighted by Gasteiger charge is 2.19. The van der Waals surface area contributed by atoms with E-state index >= 15 is 0 Å². The summed E-state index contributed by atoms with van der Waals surface area (Å²) in [6, 6.07) is 14.7. The number of methoxy groups -OCH3 is 1. The van der Waals surface area contributed by atoms with Crippen molar-refractivity contribution in [1.82, 2.24) is 24.7 Å². The van der Waals surface area contributed by atoms with Crippen LogP contribution in [0.3, 0.4) is 0 Å². The second-order valence-corrected chi connectivity index (χ2v) is 6.01. The zero-order chi connectivity index (χ0) is 18.8. The van der Waals surface area contributed by atoms with Crippen LogP contribution in [0.25, 0.3) is 22.4 Å².